The summed E-state index contributed by atoms with van der Waals surface area (Å²) in [5.41, 5.74) is 0. The van der Waals surface area contributed by atoms with Crippen LogP contribution in [0.5, 0.6) is 0 Å². The van der Waals surface area contributed by atoms with Gasteiger partial charge in [-0.1, -0.05) is 186 Å². The van der Waals surface area contributed by atoms with Crippen LogP contribution in [0, 0.1) is 0 Å². The van der Waals surface area contributed by atoms with E-state index in [9.17, 15) is 15.0 Å². The SMILES string of the molecule is CCCCCCCC/C=C/CCCCCCCCCCCCCC(=O)N[C@@H](CO)[C@H](O)CCCC/C=C/CCCCCCCCCCC. The summed E-state index contributed by atoms with van der Waals surface area (Å²) in [6.45, 7) is 4.35. The summed E-state index contributed by atoms with van der Waals surface area (Å²) in [7, 11) is 0. The summed E-state index contributed by atoms with van der Waals surface area (Å²) in [5, 5.41) is 23.1. The van der Waals surface area contributed by atoms with E-state index in [4.69, 9.17) is 0 Å². The molecule has 0 bridgehead atoms. The van der Waals surface area contributed by atoms with Gasteiger partial charge in [-0.25, -0.2) is 0 Å². The standard InChI is InChI=1S/C44H85NO3/c1-3-5-7-9-11-13-15-17-19-20-21-22-23-24-26-28-30-32-34-36-38-40-44(48)45-42(41-46)43(47)39-37-35-33-31-29-27-25-18-16-14-12-10-8-6-4-2/h17,19,29,31,42-43,46-47H,3-16,18,20-28,30,32-41H2,1-2H3,(H,45,48)/b19-17+,31-29+/t42-,43+/m0/s1. The fourth-order valence-corrected chi connectivity index (χ4v) is 6.58. The van der Waals surface area contributed by atoms with Gasteiger partial charge in [-0.05, 0) is 64.2 Å². The summed E-state index contributed by atoms with van der Waals surface area (Å²) in [6.07, 6.45) is 51.1. The van der Waals surface area contributed by atoms with E-state index in [2.05, 4.69) is 43.5 Å². The molecule has 3 N–H and O–H groups in total. The lowest BCUT2D eigenvalue weighted by atomic mass is 10.0. The molecule has 0 aliphatic heterocycles. The van der Waals surface area contributed by atoms with Crippen molar-refractivity contribution in [1.29, 1.82) is 0 Å². The Labute approximate surface area is 300 Å². The van der Waals surface area contributed by atoms with Crippen LogP contribution < -0.4 is 5.32 Å². The van der Waals surface area contributed by atoms with Gasteiger partial charge in [0, 0.05) is 6.42 Å². The number of rotatable bonds is 39. The van der Waals surface area contributed by atoms with Gasteiger partial charge >= 0.3 is 0 Å². The fraction of sp³-hybridized carbons (Fsp3) is 0.886. The Balaban J connectivity index is 3.53. The Morgan fingerprint density at radius 1 is 0.479 bits per heavy atom. The van der Waals surface area contributed by atoms with Crippen LogP contribution in [0.3, 0.4) is 0 Å². The van der Waals surface area contributed by atoms with E-state index >= 15 is 0 Å². The molecule has 0 aromatic heterocycles. The maximum Gasteiger partial charge on any atom is 0.220 e. The number of hydrogen-bond donors (Lipinski definition) is 3. The van der Waals surface area contributed by atoms with Crippen molar-refractivity contribution >= 4 is 5.91 Å². The van der Waals surface area contributed by atoms with Crippen molar-refractivity contribution in [2.24, 2.45) is 0 Å². The van der Waals surface area contributed by atoms with E-state index in [-0.39, 0.29) is 12.5 Å². The summed E-state index contributed by atoms with van der Waals surface area (Å²) in [6, 6.07) is -0.550. The Morgan fingerprint density at radius 3 is 1.15 bits per heavy atom. The molecule has 0 aliphatic rings. The molecular formula is C44H85NO3. The van der Waals surface area contributed by atoms with Crippen LogP contribution >= 0.6 is 0 Å². The molecule has 4 heteroatoms. The van der Waals surface area contributed by atoms with Crippen molar-refractivity contribution in [1.82, 2.24) is 5.32 Å². The number of carbonyl (C=O) groups excluding carboxylic acids is 1. The minimum Gasteiger partial charge on any atom is -0.394 e. The zero-order valence-electron chi connectivity index (χ0n) is 32.5. The molecule has 4 nitrogen and oxygen atoms in total. The lowest BCUT2D eigenvalue weighted by Gasteiger charge is -2.22. The van der Waals surface area contributed by atoms with Crippen LogP contribution in [0.2, 0.25) is 0 Å². The van der Waals surface area contributed by atoms with Gasteiger partial charge in [-0.3, -0.25) is 4.79 Å². The minimum absolute atomic E-state index is 0.0409. The third kappa shape index (κ3) is 36.2. The van der Waals surface area contributed by atoms with E-state index in [0.29, 0.717) is 12.8 Å². The average Bonchev–Trinajstić information content (AvgIpc) is 3.09. The molecule has 0 aromatic rings. The maximum atomic E-state index is 12.4. The molecule has 0 heterocycles. The summed E-state index contributed by atoms with van der Waals surface area (Å²) >= 11 is 0. The Bertz CT molecular complexity index is 691. The van der Waals surface area contributed by atoms with E-state index in [1.165, 1.54) is 173 Å². The topological polar surface area (TPSA) is 69.6 Å². The largest absolute Gasteiger partial charge is 0.394 e. The zero-order chi connectivity index (χ0) is 35.0. The first-order chi connectivity index (χ1) is 23.7. The quantitative estimate of drug-likeness (QED) is 0.0448. The molecule has 0 saturated heterocycles. The first kappa shape index (κ1) is 46.9. The van der Waals surface area contributed by atoms with Gasteiger partial charge in [0.15, 0.2) is 0 Å². The number of nitrogens with one attached hydrogen (secondary N) is 1. The van der Waals surface area contributed by atoms with E-state index in [1.54, 1.807) is 0 Å². The molecule has 48 heavy (non-hydrogen) atoms. The van der Waals surface area contributed by atoms with Crippen molar-refractivity contribution in [2.75, 3.05) is 6.61 Å². The van der Waals surface area contributed by atoms with Gasteiger partial charge in [-0.2, -0.15) is 0 Å². The van der Waals surface area contributed by atoms with E-state index in [1.807, 2.05) is 0 Å². The van der Waals surface area contributed by atoms with Crippen molar-refractivity contribution in [2.45, 2.75) is 244 Å². The second-order valence-electron chi connectivity index (χ2n) is 14.8. The maximum absolute atomic E-state index is 12.4. The van der Waals surface area contributed by atoms with Crippen LogP contribution in [-0.4, -0.2) is 34.9 Å². The van der Waals surface area contributed by atoms with Gasteiger partial charge in [0.2, 0.25) is 5.91 Å². The summed E-state index contributed by atoms with van der Waals surface area (Å²) in [4.78, 5) is 12.4. The molecule has 284 valence electrons. The molecule has 0 spiro atoms. The van der Waals surface area contributed by atoms with Gasteiger partial charge in [0.25, 0.3) is 0 Å². The Kier molecular flexibility index (Phi) is 39.4. The molecule has 0 radical (unpaired) electrons. The average molecular weight is 676 g/mol. The number of aliphatic hydroxyl groups is 2. The van der Waals surface area contributed by atoms with Crippen molar-refractivity contribution in [3.05, 3.63) is 24.3 Å². The van der Waals surface area contributed by atoms with Gasteiger partial charge in [-0.15, -0.1) is 0 Å². The second-order valence-corrected chi connectivity index (χ2v) is 14.8. The molecular weight excluding hydrogens is 590 g/mol. The second kappa shape index (κ2) is 40.3. The third-order valence-corrected chi connectivity index (χ3v) is 9.93. The number of unbranched alkanes of at least 4 members (excludes halogenated alkanes) is 28. The number of hydrogen-bond acceptors (Lipinski definition) is 3. The molecule has 0 aromatic carbocycles. The third-order valence-electron chi connectivity index (χ3n) is 9.93. The molecule has 0 unspecified atom stereocenters. The first-order valence-electron chi connectivity index (χ1n) is 21.5. The highest BCUT2D eigenvalue weighted by Gasteiger charge is 2.19. The highest BCUT2D eigenvalue weighted by molar-refractivity contribution is 5.76. The summed E-state index contributed by atoms with van der Waals surface area (Å²) < 4.78 is 0. The monoisotopic (exact) mass is 676 g/mol. The van der Waals surface area contributed by atoms with E-state index in [0.717, 1.165) is 32.1 Å². The molecule has 0 rings (SSSR count). The van der Waals surface area contributed by atoms with Gasteiger partial charge in [0.05, 0.1) is 18.8 Å². The Morgan fingerprint density at radius 2 is 0.792 bits per heavy atom. The van der Waals surface area contributed by atoms with Crippen LogP contribution in [-0.2, 0) is 4.79 Å². The predicted molar refractivity (Wildman–Crippen MR) is 212 cm³/mol. The van der Waals surface area contributed by atoms with Crippen molar-refractivity contribution in [3.8, 4) is 0 Å². The first-order valence-corrected chi connectivity index (χ1v) is 21.5. The van der Waals surface area contributed by atoms with Crippen molar-refractivity contribution in [3.63, 3.8) is 0 Å². The molecule has 0 saturated carbocycles. The van der Waals surface area contributed by atoms with Crippen LogP contribution in [0.15, 0.2) is 24.3 Å². The van der Waals surface area contributed by atoms with Gasteiger partial charge in [0.1, 0.15) is 0 Å². The predicted octanol–water partition coefficient (Wildman–Crippen LogP) is 13.2. The zero-order valence-corrected chi connectivity index (χ0v) is 32.5. The molecule has 1 amide bonds. The number of aliphatic hydroxyl groups excluding tert-OH is 2. The smallest absolute Gasteiger partial charge is 0.220 e. The number of amides is 1. The van der Waals surface area contributed by atoms with Gasteiger partial charge < -0.3 is 15.5 Å². The van der Waals surface area contributed by atoms with Crippen LogP contribution in [0.4, 0.5) is 0 Å². The lowest BCUT2D eigenvalue weighted by Crippen LogP contribution is -2.45. The minimum atomic E-state index is -0.679. The number of carbonyl (C=O) groups is 1. The summed E-state index contributed by atoms with van der Waals surface area (Å²) in [5.74, 6) is -0.0409. The van der Waals surface area contributed by atoms with Crippen molar-refractivity contribution < 1.29 is 15.0 Å². The number of allylic oxidation sites excluding steroid dienone is 4. The molecule has 0 fully saturated rings. The Hall–Kier alpha value is -1.13. The lowest BCUT2D eigenvalue weighted by molar-refractivity contribution is -0.123. The fourth-order valence-electron chi connectivity index (χ4n) is 6.58. The highest BCUT2D eigenvalue weighted by Crippen LogP contribution is 2.15. The molecule has 2 atom stereocenters. The normalized spacial score (nSPS) is 13.2. The van der Waals surface area contributed by atoms with E-state index < -0.39 is 12.1 Å². The molecule has 0 aliphatic carbocycles. The van der Waals surface area contributed by atoms with Crippen LogP contribution in [0.1, 0.15) is 232 Å². The van der Waals surface area contributed by atoms with Crippen LogP contribution in [0.25, 0.3) is 0 Å². The highest BCUT2D eigenvalue weighted by atomic mass is 16.3.